The SMILES string of the molecule is COc1cccc(-c2nnc(NS(=O)(=O)[C@@H](C)Cc3ncc(C)cn3)n2[C@H](C)c2nc(C)no2)n1. The van der Waals surface area contributed by atoms with Crippen LogP contribution in [0.4, 0.5) is 5.95 Å². The zero-order valence-electron chi connectivity index (χ0n) is 19.9. The number of sulfonamides is 1. The minimum atomic E-state index is -3.90. The summed E-state index contributed by atoms with van der Waals surface area (Å²) in [5.41, 5.74) is 1.31. The highest BCUT2D eigenvalue weighted by Crippen LogP contribution is 2.29. The molecular formula is C21H25N9O4S. The van der Waals surface area contributed by atoms with Gasteiger partial charge in [0.05, 0.1) is 12.4 Å². The first-order valence-electron chi connectivity index (χ1n) is 10.7. The van der Waals surface area contributed by atoms with E-state index in [4.69, 9.17) is 9.26 Å². The van der Waals surface area contributed by atoms with Crippen LogP contribution in [0.5, 0.6) is 5.88 Å². The van der Waals surface area contributed by atoms with Gasteiger partial charge in [0.1, 0.15) is 17.6 Å². The maximum atomic E-state index is 13.2. The molecule has 0 radical (unpaired) electrons. The van der Waals surface area contributed by atoms with Gasteiger partial charge in [-0.05, 0) is 39.3 Å². The van der Waals surface area contributed by atoms with Crippen molar-refractivity contribution >= 4 is 16.0 Å². The van der Waals surface area contributed by atoms with Crippen molar-refractivity contribution in [3.05, 3.63) is 53.7 Å². The highest BCUT2D eigenvalue weighted by molar-refractivity contribution is 7.93. The molecule has 0 amide bonds. The van der Waals surface area contributed by atoms with Crippen molar-refractivity contribution in [2.24, 2.45) is 0 Å². The molecule has 0 aliphatic carbocycles. The van der Waals surface area contributed by atoms with E-state index in [2.05, 4.69) is 40.0 Å². The van der Waals surface area contributed by atoms with Crippen LogP contribution in [0, 0.1) is 13.8 Å². The fourth-order valence-electron chi connectivity index (χ4n) is 3.27. The zero-order valence-corrected chi connectivity index (χ0v) is 20.7. The van der Waals surface area contributed by atoms with Crippen LogP contribution in [0.3, 0.4) is 0 Å². The van der Waals surface area contributed by atoms with E-state index in [0.717, 1.165) is 5.56 Å². The van der Waals surface area contributed by atoms with Crippen LogP contribution in [0.1, 0.15) is 43.0 Å². The van der Waals surface area contributed by atoms with Gasteiger partial charge in [-0.3, -0.25) is 9.29 Å². The third-order valence-electron chi connectivity index (χ3n) is 5.21. The average molecular weight is 500 g/mol. The molecule has 1 N–H and O–H groups in total. The summed E-state index contributed by atoms with van der Waals surface area (Å²) in [6.07, 6.45) is 3.41. The smallest absolute Gasteiger partial charge is 0.249 e. The predicted octanol–water partition coefficient (Wildman–Crippen LogP) is 2.12. The number of pyridine rings is 1. The van der Waals surface area contributed by atoms with Gasteiger partial charge >= 0.3 is 0 Å². The highest BCUT2D eigenvalue weighted by atomic mass is 32.2. The van der Waals surface area contributed by atoms with E-state index < -0.39 is 21.3 Å². The quantitative estimate of drug-likeness (QED) is 0.359. The Morgan fingerprint density at radius 3 is 2.51 bits per heavy atom. The Morgan fingerprint density at radius 1 is 1.11 bits per heavy atom. The monoisotopic (exact) mass is 499 g/mol. The van der Waals surface area contributed by atoms with E-state index in [9.17, 15) is 8.42 Å². The Morgan fingerprint density at radius 2 is 1.86 bits per heavy atom. The van der Waals surface area contributed by atoms with Crippen molar-refractivity contribution in [2.75, 3.05) is 11.8 Å². The van der Waals surface area contributed by atoms with E-state index in [0.29, 0.717) is 29.0 Å². The molecular weight excluding hydrogens is 474 g/mol. The Hall–Kier alpha value is -3.94. The number of rotatable bonds is 9. The van der Waals surface area contributed by atoms with Crippen LogP contribution in [0.2, 0.25) is 0 Å². The first kappa shape index (κ1) is 24.2. The van der Waals surface area contributed by atoms with Gasteiger partial charge in [0.25, 0.3) is 0 Å². The molecule has 4 aromatic heterocycles. The second-order valence-corrected chi connectivity index (χ2v) is 10.1. The Balaban J connectivity index is 1.70. The van der Waals surface area contributed by atoms with Crippen molar-refractivity contribution < 1.29 is 17.7 Å². The lowest BCUT2D eigenvalue weighted by Crippen LogP contribution is -2.29. The summed E-state index contributed by atoms with van der Waals surface area (Å²) in [5, 5.41) is 11.3. The molecule has 0 bridgehead atoms. The number of nitrogens with one attached hydrogen (secondary N) is 1. The molecule has 4 aromatic rings. The lowest BCUT2D eigenvalue weighted by molar-refractivity contribution is 0.344. The lowest BCUT2D eigenvalue weighted by atomic mass is 10.3. The fourth-order valence-corrected chi connectivity index (χ4v) is 4.23. The minimum Gasteiger partial charge on any atom is -0.481 e. The van der Waals surface area contributed by atoms with Crippen molar-refractivity contribution in [3.63, 3.8) is 0 Å². The molecule has 4 rings (SSSR count). The second kappa shape index (κ2) is 9.74. The molecule has 0 fully saturated rings. The summed E-state index contributed by atoms with van der Waals surface area (Å²) in [5.74, 6) is 1.75. The van der Waals surface area contributed by atoms with Gasteiger partial charge in [-0.25, -0.2) is 23.4 Å². The van der Waals surface area contributed by atoms with E-state index in [1.165, 1.54) is 7.11 Å². The Labute approximate surface area is 202 Å². The maximum Gasteiger partial charge on any atom is 0.249 e. The standard InChI is InChI=1S/C21H25N9O4S/c1-12-10-22-17(23-11-12)9-13(2)35(31,32)29-21-27-26-19(16-7-6-8-18(25-16)33-5)30(21)14(3)20-24-15(4)28-34-20/h6-8,10-11,13-14H,9H2,1-5H3,(H,27,29)/t13-,14+/m0/s1. The van der Waals surface area contributed by atoms with Crippen LogP contribution in [-0.2, 0) is 16.4 Å². The number of methoxy groups -OCH3 is 1. The minimum absolute atomic E-state index is 0.0235. The summed E-state index contributed by atoms with van der Waals surface area (Å²) < 4.78 is 41.0. The molecule has 0 aromatic carbocycles. The molecule has 184 valence electrons. The van der Waals surface area contributed by atoms with Crippen LogP contribution in [0.25, 0.3) is 11.5 Å². The van der Waals surface area contributed by atoms with Crippen LogP contribution in [0.15, 0.2) is 35.1 Å². The number of hydrogen-bond acceptors (Lipinski definition) is 11. The van der Waals surface area contributed by atoms with Gasteiger partial charge < -0.3 is 9.26 Å². The Kier molecular flexibility index (Phi) is 6.73. The molecule has 35 heavy (non-hydrogen) atoms. The van der Waals surface area contributed by atoms with Crippen molar-refractivity contribution in [1.82, 2.24) is 39.9 Å². The topological polar surface area (TPSA) is 164 Å². The first-order chi connectivity index (χ1) is 16.7. The average Bonchev–Trinajstić information content (AvgIpc) is 3.46. The molecule has 0 aliphatic heterocycles. The normalized spacial score (nSPS) is 13.4. The number of ether oxygens (including phenoxy) is 1. The van der Waals surface area contributed by atoms with Crippen molar-refractivity contribution in [2.45, 2.75) is 45.4 Å². The molecule has 2 atom stereocenters. The summed E-state index contributed by atoms with van der Waals surface area (Å²) in [6, 6.07) is 4.54. The van der Waals surface area contributed by atoms with Crippen LogP contribution < -0.4 is 9.46 Å². The third kappa shape index (κ3) is 5.26. The van der Waals surface area contributed by atoms with E-state index in [1.807, 2.05) is 6.92 Å². The molecule has 13 nitrogen and oxygen atoms in total. The molecule has 0 saturated heterocycles. The largest absolute Gasteiger partial charge is 0.481 e. The summed E-state index contributed by atoms with van der Waals surface area (Å²) in [7, 11) is -2.40. The van der Waals surface area contributed by atoms with Gasteiger partial charge in [0, 0.05) is 24.9 Å². The van der Waals surface area contributed by atoms with Gasteiger partial charge in [0.15, 0.2) is 11.6 Å². The maximum absolute atomic E-state index is 13.2. The van der Waals surface area contributed by atoms with E-state index >= 15 is 0 Å². The first-order valence-corrected chi connectivity index (χ1v) is 12.3. The van der Waals surface area contributed by atoms with E-state index in [1.54, 1.807) is 55.9 Å². The molecule has 0 unspecified atom stereocenters. The Bertz CT molecular complexity index is 1420. The number of aryl methyl sites for hydroxylation is 2. The number of aromatic nitrogens is 8. The van der Waals surface area contributed by atoms with E-state index in [-0.39, 0.29) is 18.3 Å². The molecule has 4 heterocycles. The van der Waals surface area contributed by atoms with Gasteiger partial charge in [-0.2, -0.15) is 4.98 Å². The summed E-state index contributed by atoms with van der Waals surface area (Å²) in [6.45, 7) is 6.89. The number of anilines is 1. The van der Waals surface area contributed by atoms with Crippen molar-refractivity contribution in [3.8, 4) is 17.4 Å². The molecule has 0 saturated carbocycles. The predicted molar refractivity (Wildman–Crippen MR) is 125 cm³/mol. The van der Waals surface area contributed by atoms with Gasteiger partial charge in [-0.15, -0.1) is 10.2 Å². The summed E-state index contributed by atoms with van der Waals surface area (Å²) >= 11 is 0. The molecule has 14 heteroatoms. The zero-order chi connectivity index (χ0) is 25.2. The molecule has 0 spiro atoms. The number of hydrogen-bond donors (Lipinski definition) is 1. The van der Waals surface area contributed by atoms with Gasteiger partial charge in [-0.1, -0.05) is 11.2 Å². The summed E-state index contributed by atoms with van der Waals surface area (Å²) in [4.78, 5) is 17.1. The van der Waals surface area contributed by atoms with Crippen LogP contribution >= 0.6 is 0 Å². The van der Waals surface area contributed by atoms with Crippen molar-refractivity contribution in [1.29, 1.82) is 0 Å². The fraction of sp³-hybridized carbons (Fsp3) is 0.381. The third-order valence-corrected chi connectivity index (χ3v) is 6.91. The van der Waals surface area contributed by atoms with Gasteiger partial charge in [0.2, 0.25) is 27.7 Å². The number of nitrogens with zero attached hydrogens (tertiary/aromatic N) is 8. The van der Waals surface area contributed by atoms with Crippen LogP contribution in [-0.4, -0.2) is 60.6 Å². The lowest BCUT2D eigenvalue weighted by Gasteiger charge is -2.18. The second-order valence-electron chi connectivity index (χ2n) is 7.98. The highest BCUT2D eigenvalue weighted by Gasteiger charge is 2.29. The molecule has 0 aliphatic rings.